The molecule has 5 aliphatic rings. The summed E-state index contributed by atoms with van der Waals surface area (Å²) in [6.45, 7) is 3.91. The number of fused-ring (bicyclic) bond motifs is 7. The van der Waals surface area contributed by atoms with E-state index in [0.29, 0.717) is 35.6 Å². The minimum absolute atomic E-state index is 0.00645. The molecule has 3 aromatic heterocycles. The number of nitrogens with zero attached hydrogens (tertiary/aromatic N) is 5. The molecule has 2 N–H and O–H groups in total. The van der Waals surface area contributed by atoms with E-state index in [1.807, 2.05) is 18.7 Å². The summed E-state index contributed by atoms with van der Waals surface area (Å²) < 4.78 is 66.5. The molecule has 1 unspecified atom stereocenters. The summed E-state index contributed by atoms with van der Waals surface area (Å²) in [4.78, 5) is 24.2. The van der Waals surface area contributed by atoms with E-state index in [1.165, 1.54) is 54.6 Å². The van der Waals surface area contributed by atoms with Crippen molar-refractivity contribution < 1.29 is 26.7 Å². The molecular formula is C32H37F2N7O4S. The highest BCUT2D eigenvalue weighted by atomic mass is 32.2. The van der Waals surface area contributed by atoms with Crippen molar-refractivity contribution >= 4 is 27.6 Å². The van der Waals surface area contributed by atoms with Crippen LogP contribution in [0.25, 0.3) is 5.82 Å². The number of anilines is 2. The fourth-order valence-corrected chi connectivity index (χ4v) is 9.54. The lowest BCUT2D eigenvalue weighted by Gasteiger charge is -2.34. The monoisotopic (exact) mass is 653 g/mol. The number of amides is 1. The fourth-order valence-electron chi connectivity index (χ4n) is 8.60. The van der Waals surface area contributed by atoms with Gasteiger partial charge in [0.1, 0.15) is 11.6 Å². The number of rotatable bonds is 5. The predicted octanol–water partition coefficient (Wildman–Crippen LogP) is 4.80. The third kappa shape index (κ3) is 4.90. The van der Waals surface area contributed by atoms with Crippen LogP contribution in [0.15, 0.2) is 47.6 Å². The van der Waals surface area contributed by atoms with Gasteiger partial charge in [-0.1, -0.05) is 6.07 Å². The molecule has 244 valence electrons. The molecule has 2 spiro atoms. The van der Waals surface area contributed by atoms with Crippen LogP contribution in [0.5, 0.6) is 5.88 Å². The number of hydrogen-bond donors (Lipinski definition) is 2. The maximum Gasteiger partial charge on any atom is 0.281 e. The van der Waals surface area contributed by atoms with Gasteiger partial charge in [-0.15, -0.1) is 5.10 Å². The third-order valence-electron chi connectivity index (χ3n) is 10.9. The lowest BCUT2D eigenvalue weighted by Crippen LogP contribution is -2.41. The van der Waals surface area contributed by atoms with Gasteiger partial charge in [-0.05, 0) is 99.3 Å². The summed E-state index contributed by atoms with van der Waals surface area (Å²) in [5, 5.41) is 6.66. The Morgan fingerprint density at radius 3 is 2.52 bits per heavy atom. The van der Waals surface area contributed by atoms with Crippen LogP contribution < -0.4 is 19.7 Å². The van der Waals surface area contributed by atoms with Gasteiger partial charge in [0.05, 0.1) is 18.7 Å². The van der Waals surface area contributed by atoms with Crippen LogP contribution in [-0.2, 0) is 10.0 Å². The molecule has 4 bridgehead atoms. The highest BCUT2D eigenvalue weighted by molar-refractivity contribution is 7.90. The average molecular weight is 654 g/mol. The van der Waals surface area contributed by atoms with Gasteiger partial charge in [0.2, 0.25) is 5.88 Å². The first-order chi connectivity index (χ1) is 21.8. The number of ether oxygens (including phenoxy) is 1. The second-order valence-corrected chi connectivity index (χ2v) is 16.0. The van der Waals surface area contributed by atoms with E-state index in [4.69, 9.17) is 9.72 Å². The molecule has 46 heavy (non-hydrogen) atoms. The van der Waals surface area contributed by atoms with E-state index in [1.54, 1.807) is 18.3 Å². The summed E-state index contributed by atoms with van der Waals surface area (Å²) >= 11 is 0. The molecule has 4 fully saturated rings. The zero-order valence-electron chi connectivity index (χ0n) is 25.8. The Morgan fingerprint density at radius 2 is 1.78 bits per heavy atom. The van der Waals surface area contributed by atoms with Crippen molar-refractivity contribution in [1.29, 1.82) is 0 Å². The Hall–Kier alpha value is -3.81. The number of aromatic nitrogens is 4. The van der Waals surface area contributed by atoms with Crippen LogP contribution in [0.3, 0.4) is 0 Å². The number of pyridine rings is 2. The Balaban J connectivity index is 1.09. The molecule has 2 aliphatic heterocycles. The zero-order valence-corrected chi connectivity index (χ0v) is 26.6. The summed E-state index contributed by atoms with van der Waals surface area (Å²) in [6, 6.07) is 8.81. The van der Waals surface area contributed by atoms with Gasteiger partial charge in [0.15, 0.2) is 10.8 Å². The molecule has 3 saturated carbocycles. The molecule has 3 aromatic rings. The molecular weight excluding hydrogens is 616 g/mol. The van der Waals surface area contributed by atoms with Crippen LogP contribution in [0.4, 0.5) is 20.4 Å². The first-order valence-electron chi connectivity index (χ1n) is 15.9. The van der Waals surface area contributed by atoms with Crippen molar-refractivity contribution in [2.75, 3.05) is 29.9 Å². The lowest BCUT2D eigenvalue weighted by molar-refractivity contribution is -0.00773. The van der Waals surface area contributed by atoms with E-state index in [-0.39, 0.29) is 23.7 Å². The van der Waals surface area contributed by atoms with Gasteiger partial charge in [-0.25, -0.2) is 28.2 Å². The Bertz CT molecular complexity index is 1820. The number of sulfonamides is 1. The first kappa shape index (κ1) is 29.6. The van der Waals surface area contributed by atoms with Gasteiger partial charge in [0.25, 0.3) is 21.9 Å². The first-order valence-corrected chi connectivity index (χ1v) is 17.4. The molecule has 14 heteroatoms. The second-order valence-electron chi connectivity index (χ2n) is 14.3. The van der Waals surface area contributed by atoms with Crippen molar-refractivity contribution in [3.8, 4) is 11.7 Å². The summed E-state index contributed by atoms with van der Waals surface area (Å²) in [5.74, 6) is -2.64. The Kier molecular flexibility index (Phi) is 6.33. The zero-order chi connectivity index (χ0) is 32.1. The molecule has 1 saturated heterocycles. The molecule has 1 atom stereocenters. The smallest absolute Gasteiger partial charge is 0.281 e. The van der Waals surface area contributed by atoms with Crippen LogP contribution in [0, 0.1) is 22.7 Å². The van der Waals surface area contributed by atoms with Crippen LogP contribution in [0.2, 0.25) is 0 Å². The molecule has 11 nitrogen and oxygen atoms in total. The highest BCUT2D eigenvalue weighted by Gasteiger charge is 2.85. The quantitative estimate of drug-likeness (QED) is 0.399. The van der Waals surface area contributed by atoms with Crippen LogP contribution >= 0.6 is 0 Å². The van der Waals surface area contributed by atoms with E-state index >= 15 is 8.78 Å². The largest absolute Gasteiger partial charge is 0.477 e. The Labute approximate surface area is 266 Å². The topological polar surface area (TPSA) is 131 Å². The number of alkyl halides is 2. The minimum atomic E-state index is -4.44. The van der Waals surface area contributed by atoms with Crippen molar-refractivity contribution in [3.05, 3.63) is 48.2 Å². The van der Waals surface area contributed by atoms with Gasteiger partial charge in [0, 0.05) is 30.8 Å². The number of nitrogens with one attached hydrogen (secondary N) is 2. The number of carbonyl (C=O) groups is 1. The molecule has 3 aliphatic carbocycles. The van der Waals surface area contributed by atoms with E-state index in [0.717, 1.165) is 12.3 Å². The predicted molar refractivity (Wildman–Crippen MR) is 165 cm³/mol. The number of hydrogen-bond acceptors (Lipinski definition) is 9. The third-order valence-corrected chi connectivity index (χ3v) is 12.2. The van der Waals surface area contributed by atoms with Crippen molar-refractivity contribution in [2.24, 2.45) is 22.7 Å². The lowest BCUT2D eigenvalue weighted by atomic mass is 9.92. The van der Waals surface area contributed by atoms with Crippen molar-refractivity contribution in [3.63, 3.8) is 0 Å². The van der Waals surface area contributed by atoms with Gasteiger partial charge >= 0.3 is 0 Å². The highest BCUT2D eigenvalue weighted by Crippen LogP contribution is 2.93. The maximum absolute atomic E-state index is 15.2. The summed E-state index contributed by atoms with van der Waals surface area (Å²) in [6.07, 6.45) is 8.20. The summed E-state index contributed by atoms with van der Waals surface area (Å²) in [5.41, 5.74) is 0.577. The number of halogens is 2. The van der Waals surface area contributed by atoms with Gasteiger partial charge in [-0.2, -0.15) is 8.42 Å². The van der Waals surface area contributed by atoms with Gasteiger partial charge < -0.3 is 15.0 Å². The van der Waals surface area contributed by atoms with Crippen LogP contribution in [-0.4, -0.2) is 65.2 Å². The van der Waals surface area contributed by atoms with E-state index in [9.17, 15) is 13.2 Å². The summed E-state index contributed by atoms with van der Waals surface area (Å²) in [7, 11) is -4.44. The second kappa shape index (κ2) is 9.85. The molecule has 8 rings (SSSR count). The van der Waals surface area contributed by atoms with E-state index < -0.39 is 51.3 Å². The Morgan fingerprint density at radius 1 is 1.02 bits per heavy atom. The normalized spacial score (nSPS) is 26.0. The minimum Gasteiger partial charge on any atom is -0.477 e. The van der Waals surface area contributed by atoms with Crippen LogP contribution in [0.1, 0.15) is 69.2 Å². The molecule has 5 heterocycles. The molecule has 0 radical (unpaired) electrons. The standard InChI is InChI=1S/C32H37F2N7O4S/c1-29(2)16-20-17-32(33,34)19-35-23-4-3-5-26(36-23)46(43,44)39-28(42)21-6-7-24(37-27(21)40(29)18-20)41-14-8-25(38-41)45-15-9-22-30(10-11-30)31(22)12-13-31/h3-8,14,20,22H,9-13,15-19H2,1-2H3,(H,35,36)(H,39,42). The maximum atomic E-state index is 15.2. The van der Waals surface area contributed by atoms with E-state index in [2.05, 4.69) is 20.1 Å². The SMILES string of the molecule is CC1(C)CC2CN1c1nc(-n3ccc(OCCC4C5(CC5)C45CC5)n3)ccc1C(=O)NS(=O)(=O)c1cccc(n1)NCC(F)(F)C2. The fraction of sp³-hybridized carbons (Fsp3) is 0.562. The molecule has 0 aromatic carbocycles. The number of carbonyl (C=O) groups excluding carboxylic acids is 1. The molecule has 1 amide bonds. The average Bonchev–Trinajstić information content (AvgIpc) is 3.95. The van der Waals surface area contributed by atoms with Crippen molar-refractivity contribution in [1.82, 2.24) is 24.5 Å². The van der Waals surface area contributed by atoms with Crippen molar-refractivity contribution in [2.45, 2.75) is 75.3 Å². The van der Waals surface area contributed by atoms with Gasteiger partial charge in [-0.3, -0.25) is 4.79 Å².